The molecule has 1 aromatic heterocycles. The average Bonchev–Trinajstić information content (AvgIpc) is 2.47. The summed E-state index contributed by atoms with van der Waals surface area (Å²) in [6.45, 7) is 1.91. The first kappa shape index (κ1) is 12.8. The van der Waals surface area contributed by atoms with E-state index in [2.05, 4.69) is 9.97 Å². The van der Waals surface area contributed by atoms with Gasteiger partial charge in [-0.05, 0) is 19.2 Å². The van der Waals surface area contributed by atoms with Gasteiger partial charge in [0.15, 0.2) is 0 Å². The van der Waals surface area contributed by atoms with E-state index in [0.29, 0.717) is 13.1 Å². The number of fused-ring (bicyclic) bond motifs is 1. The molecule has 1 aliphatic rings. The second kappa shape index (κ2) is 5.05. The van der Waals surface area contributed by atoms with Crippen LogP contribution in [0, 0.1) is 0 Å². The zero-order chi connectivity index (χ0) is 14.1. The van der Waals surface area contributed by atoms with Crippen molar-refractivity contribution >= 4 is 22.7 Å². The van der Waals surface area contributed by atoms with Crippen molar-refractivity contribution in [2.24, 2.45) is 0 Å². The molecular weight excluding hydrogens is 256 g/mol. The van der Waals surface area contributed by atoms with E-state index in [0.717, 1.165) is 23.3 Å². The zero-order valence-corrected chi connectivity index (χ0v) is 11.2. The number of hydrogen-bond acceptors (Lipinski definition) is 5. The largest absolute Gasteiger partial charge is 0.480 e. The van der Waals surface area contributed by atoms with E-state index in [1.165, 1.54) is 6.33 Å². The summed E-state index contributed by atoms with van der Waals surface area (Å²) in [6.07, 6.45) is 1.53. The molecule has 0 saturated carbocycles. The van der Waals surface area contributed by atoms with Gasteiger partial charge < -0.3 is 10.0 Å². The van der Waals surface area contributed by atoms with Gasteiger partial charge in [0.2, 0.25) is 0 Å². The molecular formula is C14H16N4O2. The standard InChI is InChI=1S/C14H16N4O2/c1-17-6-7-18(8-12(17)14(19)20)13-10-4-2-3-5-11(10)15-9-16-13/h2-5,9,12H,6-8H2,1H3,(H,19,20). The highest BCUT2D eigenvalue weighted by Crippen LogP contribution is 2.24. The molecule has 0 radical (unpaired) electrons. The molecule has 0 aliphatic carbocycles. The predicted octanol–water partition coefficient (Wildman–Crippen LogP) is 0.835. The van der Waals surface area contributed by atoms with Crippen molar-refractivity contribution < 1.29 is 9.90 Å². The molecule has 0 bridgehead atoms. The Kier molecular flexibility index (Phi) is 3.23. The van der Waals surface area contributed by atoms with E-state index in [9.17, 15) is 9.90 Å². The summed E-state index contributed by atoms with van der Waals surface area (Å²) in [5.74, 6) is 0.0190. The number of hydrogen-bond donors (Lipinski definition) is 1. The van der Waals surface area contributed by atoms with Gasteiger partial charge in [-0.25, -0.2) is 9.97 Å². The highest BCUT2D eigenvalue weighted by molar-refractivity contribution is 5.89. The van der Waals surface area contributed by atoms with E-state index in [4.69, 9.17) is 0 Å². The fraction of sp³-hybridized carbons (Fsp3) is 0.357. The molecule has 0 amide bonds. The maximum absolute atomic E-state index is 11.3. The molecule has 0 spiro atoms. The van der Waals surface area contributed by atoms with Gasteiger partial charge in [0.05, 0.1) is 5.52 Å². The zero-order valence-electron chi connectivity index (χ0n) is 11.2. The van der Waals surface area contributed by atoms with Crippen molar-refractivity contribution in [3.63, 3.8) is 0 Å². The molecule has 1 unspecified atom stereocenters. The SMILES string of the molecule is CN1CCN(c2ncnc3ccccc23)CC1C(=O)O. The molecule has 2 aromatic rings. The molecule has 104 valence electrons. The first-order chi connectivity index (χ1) is 9.66. The van der Waals surface area contributed by atoms with Gasteiger partial charge in [-0.2, -0.15) is 0 Å². The molecule has 1 aromatic carbocycles. The van der Waals surface area contributed by atoms with Gasteiger partial charge in [-0.3, -0.25) is 9.69 Å². The molecule has 1 fully saturated rings. The summed E-state index contributed by atoms with van der Waals surface area (Å²) in [5, 5.41) is 10.2. The summed E-state index contributed by atoms with van der Waals surface area (Å²) in [4.78, 5) is 23.8. The van der Waals surface area contributed by atoms with Crippen molar-refractivity contribution in [3.05, 3.63) is 30.6 Å². The molecule has 3 rings (SSSR count). The normalized spacial score (nSPS) is 20.2. The van der Waals surface area contributed by atoms with E-state index in [1.807, 2.05) is 41.1 Å². The van der Waals surface area contributed by atoms with Crippen molar-refractivity contribution in [2.75, 3.05) is 31.6 Å². The van der Waals surface area contributed by atoms with Gasteiger partial charge in [-0.1, -0.05) is 12.1 Å². The Balaban J connectivity index is 1.97. The molecule has 6 heteroatoms. The van der Waals surface area contributed by atoms with Crippen LogP contribution in [0.15, 0.2) is 30.6 Å². The molecule has 2 heterocycles. The smallest absolute Gasteiger partial charge is 0.322 e. The lowest BCUT2D eigenvalue weighted by Gasteiger charge is -2.38. The number of aromatic nitrogens is 2. The lowest BCUT2D eigenvalue weighted by Crippen LogP contribution is -2.55. The second-order valence-corrected chi connectivity index (χ2v) is 5.00. The van der Waals surface area contributed by atoms with E-state index >= 15 is 0 Å². The van der Waals surface area contributed by atoms with Crippen molar-refractivity contribution in [1.29, 1.82) is 0 Å². The summed E-state index contributed by atoms with van der Waals surface area (Å²) in [7, 11) is 1.84. The van der Waals surface area contributed by atoms with Gasteiger partial charge >= 0.3 is 5.97 Å². The molecule has 6 nitrogen and oxygen atoms in total. The van der Waals surface area contributed by atoms with Crippen LogP contribution >= 0.6 is 0 Å². The number of rotatable bonds is 2. The van der Waals surface area contributed by atoms with Gasteiger partial charge in [0.25, 0.3) is 0 Å². The Hall–Kier alpha value is -2.21. The Morgan fingerprint density at radius 3 is 2.90 bits per heavy atom. The average molecular weight is 272 g/mol. The summed E-state index contributed by atoms with van der Waals surface area (Å²) in [6, 6.07) is 7.28. The minimum absolute atomic E-state index is 0.437. The Morgan fingerprint density at radius 1 is 1.30 bits per heavy atom. The summed E-state index contributed by atoms with van der Waals surface area (Å²) < 4.78 is 0. The Bertz CT molecular complexity index is 641. The third kappa shape index (κ3) is 2.18. The second-order valence-electron chi connectivity index (χ2n) is 5.00. The van der Waals surface area contributed by atoms with Gasteiger partial charge in [-0.15, -0.1) is 0 Å². The maximum Gasteiger partial charge on any atom is 0.322 e. The van der Waals surface area contributed by atoms with Crippen LogP contribution < -0.4 is 4.90 Å². The first-order valence-corrected chi connectivity index (χ1v) is 6.54. The first-order valence-electron chi connectivity index (χ1n) is 6.54. The van der Waals surface area contributed by atoms with Crippen molar-refractivity contribution in [1.82, 2.24) is 14.9 Å². The number of carboxylic acids is 1. The quantitative estimate of drug-likeness (QED) is 0.873. The Morgan fingerprint density at radius 2 is 2.10 bits per heavy atom. The summed E-state index contributed by atoms with van der Waals surface area (Å²) >= 11 is 0. The number of carboxylic acid groups (broad SMARTS) is 1. The third-order valence-electron chi connectivity index (χ3n) is 3.75. The molecule has 1 atom stereocenters. The number of likely N-dealkylation sites (N-methyl/N-ethyl adjacent to an activating group) is 1. The van der Waals surface area contributed by atoms with Crippen LogP contribution in [0.5, 0.6) is 0 Å². The van der Waals surface area contributed by atoms with Crippen LogP contribution in [0.3, 0.4) is 0 Å². The predicted molar refractivity (Wildman–Crippen MR) is 75.8 cm³/mol. The van der Waals surface area contributed by atoms with E-state index in [-0.39, 0.29) is 0 Å². The number of aliphatic carboxylic acids is 1. The number of anilines is 1. The van der Waals surface area contributed by atoms with Crippen LogP contribution in [-0.2, 0) is 4.79 Å². The van der Waals surface area contributed by atoms with Crippen LogP contribution in [0.2, 0.25) is 0 Å². The number of para-hydroxylation sites is 1. The highest BCUT2D eigenvalue weighted by atomic mass is 16.4. The lowest BCUT2D eigenvalue weighted by atomic mass is 10.1. The molecule has 1 aliphatic heterocycles. The van der Waals surface area contributed by atoms with E-state index < -0.39 is 12.0 Å². The van der Waals surface area contributed by atoms with Crippen LogP contribution in [0.25, 0.3) is 10.9 Å². The van der Waals surface area contributed by atoms with Crippen LogP contribution in [-0.4, -0.2) is 58.7 Å². The minimum Gasteiger partial charge on any atom is -0.480 e. The van der Waals surface area contributed by atoms with Gasteiger partial charge in [0.1, 0.15) is 18.2 Å². The number of nitrogens with zero attached hydrogens (tertiary/aromatic N) is 4. The monoisotopic (exact) mass is 272 g/mol. The Labute approximate surface area is 116 Å². The van der Waals surface area contributed by atoms with Crippen molar-refractivity contribution in [3.8, 4) is 0 Å². The molecule has 1 saturated heterocycles. The van der Waals surface area contributed by atoms with Crippen LogP contribution in [0.1, 0.15) is 0 Å². The van der Waals surface area contributed by atoms with Crippen molar-refractivity contribution in [2.45, 2.75) is 6.04 Å². The minimum atomic E-state index is -0.796. The summed E-state index contributed by atoms with van der Waals surface area (Å²) in [5.41, 5.74) is 0.878. The maximum atomic E-state index is 11.3. The fourth-order valence-corrected chi connectivity index (χ4v) is 2.58. The lowest BCUT2D eigenvalue weighted by molar-refractivity contribution is -0.142. The van der Waals surface area contributed by atoms with E-state index in [1.54, 1.807) is 0 Å². The number of piperazine rings is 1. The topological polar surface area (TPSA) is 69.6 Å². The fourth-order valence-electron chi connectivity index (χ4n) is 2.58. The molecule has 20 heavy (non-hydrogen) atoms. The molecule has 1 N–H and O–H groups in total. The third-order valence-corrected chi connectivity index (χ3v) is 3.75. The van der Waals surface area contributed by atoms with Crippen LogP contribution in [0.4, 0.5) is 5.82 Å². The van der Waals surface area contributed by atoms with Gasteiger partial charge in [0, 0.05) is 25.0 Å². The number of carbonyl (C=O) groups is 1. The highest BCUT2D eigenvalue weighted by Gasteiger charge is 2.30. The number of benzene rings is 1.